The standard InChI is InChI=1S/C19H26N2O/c20-17(11-12-4-2-1-3-5-12)19(22)21-18-15-7-13-6-14(9-15)10-16(18)8-13/h1-5,13-18H,6-11,20H2,(H,21,22)/t13?,14?,15?,16?,17-,18?/m0/s1. The second-order valence-corrected chi connectivity index (χ2v) is 7.76. The van der Waals surface area contributed by atoms with Gasteiger partial charge in [0.05, 0.1) is 6.04 Å². The summed E-state index contributed by atoms with van der Waals surface area (Å²) in [7, 11) is 0. The van der Waals surface area contributed by atoms with Crippen molar-refractivity contribution in [1.82, 2.24) is 5.32 Å². The number of carbonyl (C=O) groups excluding carboxylic acids is 1. The van der Waals surface area contributed by atoms with Crippen LogP contribution in [0.15, 0.2) is 30.3 Å². The van der Waals surface area contributed by atoms with Crippen LogP contribution in [-0.4, -0.2) is 18.0 Å². The molecule has 1 aromatic rings. The van der Waals surface area contributed by atoms with Crippen LogP contribution in [-0.2, 0) is 11.2 Å². The summed E-state index contributed by atoms with van der Waals surface area (Å²) < 4.78 is 0. The largest absolute Gasteiger partial charge is 0.351 e. The van der Waals surface area contributed by atoms with Gasteiger partial charge in [-0.1, -0.05) is 30.3 Å². The summed E-state index contributed by atoms with van der Waals surface area (Å²) in [5, 5.41) is 3.32. The van der Waals surface area contributed by atoms with Crippen molar-refractivity contribution in [2.24, 2.45) is 29.4 Å². The average Bonchev–Trinajstić information content (AvgIpc) is 2.51. The lowest BCUT2D eigenvalue weighted by molar-refractivity contribution is -0.126. The highest BCUT2D eigenvalue weighted by molar-refractivity contribution is 5.82. The highest BCUT2D eigenvalue weighted by Crippen LogP contribution is 2.53. The minimum atomic E-state index is -0.431. The smallest absolute Gasteiger partial charge is 0.237 e. The van der Waals surface area contributed by atoms with Crippen LogP contribution in [0.1, 0.15) is 37.7 Å². The van der Waals surface area contributed by atoms with Gasteiger partial charge in [-0.25, -0.2) is 0 Å². The van der Waals surface area contributed by atoms with E-state index >= 15 is 0 Å². The number of rotatable bonds is 4. The Kier molecular flexibility index (Phi) is 3.69. The van der Waals surface area contributed by atoms with Crippen molar-refractivity contribution in [1.29, 1.82) is 0 Å². The Labute approximate surface area is 132 Å². The molecule has 0 aliphatic heterocycles. The molecule has 1 atom stereocenters. The van der Waals surface area contributed by atoms with Crippen LogP contribution in [0.2, 0.25) is 0 Å². The molecule has 0 heterocycles. The molecule has 118 valence electrons. The Morgan fingerprint density at radius 1 is 1.05 bits per heavy atom. The summed E-state index contributed by atoms with van der Waals surface area (Å²) in [6, 6.07) is 10.0. The summed E-state index contributed by atoms with van der Waals surface area (Å²) in [6.45, 7) is 0. The van der Waals surface area contributed by atoms with E-state index in [4.69, 9.17) is 5.73 Å². The molecule has 4 aliphatic carbocycles. The fourth-order valence-electron chi connectivity index (χ4n) is 5.39. The van der Waals surface area contributed by atoms with Crippen molar-refractivity contribution >= 4 is 5.91 Å². The molecule has 4 bridgehead atoms. The topological polar surface area (TPSA) is 55.1 Å². The van der Waals surface area contributed by atoms with Crippen LogP contribution in [0.3, 0.4) is 0 Å². The molecule has 3 heteroatoms. The number of nitrogens with two attached hydrogens (primary N) is 1. The zero-order valence-corrected chi connectivity index (χ0v) is 13.1. The van der Waals surface area contributed by atoms with E-state index in [9.17, 15) is 4.79 Å². The molecule has 0 radical (unpaired) electrons. The second-order valence-electron chi connectivity index (χ2n) is 7.76. The zero-order chi connectivity index (χ0) is 15.1. The van der Waals surface area contributed by atoms with E-state index < -0.39 is 6.04 Å². The highest BCUT2D eigenvalue weighted by atomic mass is 16.2. The normalized spacial score (nSPS) is 37.0. The minimum Gasteiger partial charge on any atom is -0.351 e. The van der Waals surface area contributed by atoms with Crippen molar-refractivity contribution in [3.05, 3.63) is 35.9 Å². The van der Waals surface area contributed by atoms with E-state index in [0.717, 1.165) is 17.4 Å². The van der Waals surface area contributed by atoms with Gasteiger partial charge in [0, 0.05) is 6.04 Å². The lowest BCUT2D eigenvalue weighted by Crippen LogP contribution is -2.58. The Morgan fingerprint density at radius 3 is 2.23 bits per heavy atom. The fraction of sp³-hybridized carbons (Fsp3) is 0.632. The van der Waals surface area contributed by atoms with Gasteiger partial charge >= 0.3 is 0 Å². The molecule has 1 aromatic carbocycles. The molecule has 3 N–H and O–H groups in total. The Morgan fingerprint density at radius 2 is 1.64 bits per heavy atom. The van der Waals surface area contributed by atoms with Crippen LogP contribution in [0.4, 0.5) is 0 Å². The maximum atomic E-state index is 12.5. The minimum absolute atomic E-state index is 0.0429. The number of amides is 1. The third-order valence-electron chi connectivity index (χ3n) is 6.17. The third kappa shape index (κ3) is 2.67. The van der Waals surface area contributed by atoms with E-state index in [1.807, 2.05) is 30.3 Å². The molecule has 22 heavy (non-hydrogen) atoms. The molecular formula is C19H26N2O. The van der Waals surface area contributed by atoms with E-state index in [-0.39, 0.29) is 5.91 Å². The molecule has 4 saturated carbocycles. The van der Waals surface area contributed by atoms with Crippen molar-refractivity contribution in [2.75, 3.05) is 0 Å². The predicted octanol–water partition coefficient (Wildman–Crippen LogP) is 2.50. The molecule has 4 aliphatic rings. The van der Waals surface area contributed by atoms with Crippen LogP contribution >= 0.6 is 0 Å². The van der Waals surface area contributed by atoms with Gasteiger partial charge in [0.2, 0.25) is 5.91 Å². The molecular weight excluding hydrogens is 272 g/mol. The number of hydrogen-bond acceptors (Lipinski definition) is 2. The highest BCUT2D eigenvalue weighted by Gasteiger charge is 2.48. The van der Waals surface area contributed by atoms with Gasteiger partial charge < -0.3 is 11.1 Å². The van der Waals surface area contributed by atoms with E-state index in [1.165, 1.54) is 32.1 Å². The van der Waals surface area contributed by atoms with Gasteiger partial charge in [0.15, 0.2) is 0 Å². The van der Waals surface area contributed by atoms with Crippen LogP contribution < -0.4 is 11.1 Å². The first-order chi connectivity index (χ1) is 10.7. The molecule has 3 nitrogen and oxygen atoms in total. The molecule has 0 spiro atoms. The van der Waals surface area contributed by atoms with Crippen LogP contribution in [0.25, 0.3) is 0 Å². The van der Waals surface area contributed by atoms with Crippen molar-refractivity contribution in [2.45, 2.75) is 50.6 Å². The Hall–Kier alpha value is -1.35. The lowest BCUT2D eigenvalue weighted by atomic mass is 9.54. The molecule has 0 aromatic heterocycles. The Balaban J connectivity index is 1.37. The average molecular weight is 298 g/mol. The molecule has 0 saturated heterocycles. The van der Waals surface area contributed by atoms with Crippen LogP contribution in [0.5, 0.6) is 0 Å². The molecule has 5 rings (SSSR count). The maximum absolute atomic E-state index is 12.5. The molecule has 1 amide bonds. The van der Waals surface area contributed by atoms with Crippen LogP contribution in [0, 0.1) is 23.7 Å². The monoisotopic (exact) mass is 298 g/mol. The van der Waals surface area contributed by atoms with E-state index in [2.05, 4.69) is 5.32 Å². The molecule has 4 fully saturated rings. The van der Waals surface area contributed by atoms with Crippen molar-refractivity contribution in [3.8, 4) is 0 Å². The zero-order valence-electron chi connectivity index (χ0n) is 13.1. The van der Waals surface area contributed by atoms with Gasteiger partial charge in [0.25, 0.3) is 0 Å². The number of nitrogens with one attached hydrogen (secondary N) is 1. The SMILES string of the molecule is N[C@@H](Cc1ccccc1)C(=O)NC1C2CC3CC(C2)CC1C3. The quantitative estimate of drug-likeness (QED) is 0.897. The maximum Gasteiger partial charge on any atom is 0.237 e. The van der Waals surface area contributed by atoms with Gasteiger partial charge in [-0.15, -0.1) is 0 Å². The summed E-state index contributed by atoms with van der Waals surface area (Å²) in [4.78, 5) is 12.5. The lowest BCUT2D eigenvalue weighted by Gasteiger charge is -2.54. The predicted molar refractivity (Wildman–Crippen MR) is 87.1 cm³/mol. The number of benzene rings is 1. The van der Waals surface area contributed by atoms with Gasteiger partial charge in [0.1, 0.15) is 0 Å². The van der Waals surface area contributed by atoms with Crippen molar-refractivity contribution < 1.29 is 4.79 Å². The van der Waals surface area contributed by atoms with E-state index in [0.29, 0.717) is 24.3 Å². The van der Waals surface area contributed by atoms with Gasteiger partial charge in [-0.2, -0.15) is 0 Å². The van der Waals surface area contributed by atoms with Gasteiger partial charge in [-0.3, -0.25) is 4.79 Å². The second kappa shape index (κ2) is 5.69. The third-order valence-corrected chi connectivity index (χ3v) is 6.17. The number of carbonyl (C=O) groups is 1. The summed E-state index contributed by atoms with van der Waals surface area (Å²) in [5.41, 5.74) is 7.28. The van der Waals surface area contributed by atoms with Crippen molar-refractivity contribution in [3.63, 3.8) is 0 Å². The fourth-order valence-corrected chi connectivity index (χ4v) is 5.39. The summed E-state index contributed by atoms with van der Waals surface area (Å²) in [6.07, 6.45) is 7.37. The summed E-state index contributed by atoms with van der Waals surface area (Å²) >= 11 is 0. The first kappa shape index (κ1) is 14.3. The van der Waals surface area contributed by atoms with Gasteiger partial charge in [-0.05, 0) is 67.8 Å². The first-order valence-corrected chi connectivity index (χ1v) is 8.79. The number of hydrogen-bond donors (Lipinski definition) is 2. The first-order valence-electron chi connectivity index (χ1n) is 8.79. The summed E-state index contributed by atoms with van der Waals surface area (Å²) in [5.74, 6) is 3.34. The van der Waals surface area contributed by atoms with E-state index in [1.54, 1.807) is 0 Å². The Bertz CT molecular complexity index is 514. The molecule has 0 unspecified atom stereocenters.